The number of ketones is 1. The van der Waals surface area contributed by atoms with Crippen molar-refractivity contribution in [2.45, 2.75) is 5.16 Å². The van der Waals surface area contributed by atoms with Gasteiger partial charge in [0.1, 0.15) is 5.75 Å². The van der Waals surface area contributed by atoms with Crippen LogP contribution in [0.1, 0.15) is 9.67 Å². The highest BCUT2D eigenvalue weighted by Gasteiger charge is 2.13. The predicted molar refractivity (Wildman–Crippen MR) is 102 cm³/mol. The lowest BCUT2D eigenvalue weighted by Crippen LogP contribution is -2.02. The van der Waals surface area contributed by atoms with Crippen molar-refractivity contribution in [1.82, 2.24) is 19.8 Å². The third kappa shape index (κ3) is 3.33. The van der Waals surface area contributed by atoms with Crippen LogP contribution in [-0.2, 0) is 0 Å². The maximum Gasteiger partial charge on any atom is 0.212 e. The van der Waals surface area contributed by atoms with Crippen molar-refractivity contribution < 1.29 is 9.53 Å². The molecule has 4 aromatic rings. The van der Waals surface area contributed by atoms with Crippen molar-refractivity contribution in [2.75, 3.05) is 12.9 Å². The van der Waals surface area contributed by atoms with Crippen LogP contribution in [0.15, 0.2) is 59.1 Å². The van der Waals surface area contributed by atoms with E-state index in [1.54, 1.807) is 11.6 Å². The molecule has 0 aliphatic carbocycles. The molecule has 0 saturated heterocycles. The minimum absolute atomic E-state index is 0.0747. The van der Waals surface area contributed by atoms with E-state index in [-0.39, 0.29) is 5.78 Å². The molecule has 4 rings (SSSR count). The van der Waals surface area contributed by atoms with Gasteiger partial charge in [-0.05, 0) is 35.7 Å². The second-order valence-electron chi connectivity index (χ2n) is 5.39. The molecule has 0 radical (unpaired) electrons. The van der Waals surface area contributed by atoms with Crippen molar-refractivity contribution >= 4 is 34.5 Å². The number of methoxy groups -OCH3 is 1. The zero-order valence-corrected chi connectivity index (χ0v) is 15.5. The molecule has 0 amide bonds. The molecule has 0 aliphatic heterocycles. The van der Waals surface area contributed by atoms with Crippen LogP contribution in [0.4, 0.5) is 0 Å². The molecule has 0 saturated carbocycles. The lowest BCUT2D eigenvalue weighted by Gasteiger charge is -2.05. The number of carbonyl (C=O) groups is 1. The summed E-state index contributed by atoms with van der Waals surface area (Å²) in [6.07, 6.45) is 0. The van der Waals surface area contributed by atoms with Gasteiger partial charge >= 0.3 is 0 Å². The van der Waals surface area contributed by atoms with Crippen molar-refractivity contribution in [1.29, 1.82) is 0 Å². The van der Waals surface area contributed by atoms with E-state index < -0.39 is 0 Å². The van der Waals surface area contributed by atoms with Gasteiger partial charge in [-0.3, -0.25) is 4.79 Å². The quantitative estimate of drug-likeness (QED) is 0.373. The van der Waals surface area contributed by atoms with Gasteiger partial charge < -0.3 is 4.74 Å². The van der Waals surface area contributed by atoms with E-state index in [9.17, 15) is 4.79 Å². The first-order valence-corrected chi connectivity index (χ1v) is 9.67. The minimum atomic E-state index is 0.0747. The highest BCUT2D eigenvalue weighted by molar-refractivity contribution is 7.99. The standard InChI is InChI=1S/C18H14N4O2S2/c1-24-13-5-2-4-12(10-13)14-7-8-17-19-20-18(22(17)21-14)26-11-15(23)16-6-3-9-25-16/h2-10H,11H2,1H3. The van der Waals surface area contributed by atoms with Gasteiger partial charge in [0.2, 0.25) is 5.16 Å². The van der Waals surface area contributed by atoms with Crippen LogP contribution in [0, 0.1) is 0 Å². The topological polar surface area (TPSA) is 69.4 Å². The van der Waals surface area contributed by atoms with Crippen LogP contribution in [-0.4, -0.2) is 38.5 Å². The highest BCUT2D eigenvalue weighted by atomic mass is 32.2. The first-order valence-electron chi connectivity index (χ1n) is 7.81. The van der Waals surface area contributed by atoms with Gasteiger partial charge in [-0.15, -0.1) is 21.5 Å². The first-order chi connectivity index (χ1) is 12.7. The SMILES string of the molecule is COc1cccc(-c2ccc3nnc(SCC(=O)c4cccs4)n3n2)c1. The number of thioether (sulfide) groups is 1. The summed E-state index contributed by atoms with van der Waals surface area (Å²) in [6.45, 7) is 0. The molecule has 0 unspecified atom stereocenters. The summed E-state index contributed by atoms with van der Waals surface area (Å²) < 4.78 is 6.94. The third-order valence-electron chi connectivity index (χ3n) is 3.73. The van der Waals surface area contributed by atoms with E-state index in [0.717, 1.165) is 21.9 Å². The zero-order valence-electron chi connectivity index (χ0n) is 13.8. The summed E-state index contributed by atoms with van der Waals surface area (Å²) in [5.41, 5.74) is 2.36. The molecule has 26 heavy (non-hydrogen) atoms. The molecule has 3 aromatic heterocycles. The fraction of sp³-hybridized carbons (Fsp3) is 0.111. The van der Waals surface area contributed by atoms with Gasteiger partial charge in [0.25, 0.3) is 0 Å². The molecule has 0 atom stereocenters. The Morgan fingerprint density at radius 2 is 2.12 bits per heavy atom. The van der Waals surface area contributed by atoms with E-state index in [1.165, 1.54) is 23.1 Å². The Morgan fingerprint density at radius 3 is 2.92 bits per heavy atom. The second-order valence-corrected chi connectivity index (χ2v) is 7.28. The Morgan fingerprint density at radius 1 is 1.19 bits per heavy atom. The Kier molecular flexibility index (Phi) is 4.68. The smallest absolute Gasteiger partial charge is 0.212 e. The monoisotopic (exact) mass is 382 g/mol. The Hall–Kier alpha value is -2.71. The van der Waals surface area contributed by atoms with E-state index >= 15 is 0 Å². The molecule has 130 valence electrons. The highest BCUT2D eigenvalue weighted by Crippen LogP contribution is 2.24. The largest absolute Gasteiger partial charge is 0.497 e. The fourth-order valence-corrected chi connectivity index (χ4v) is 3.96. The van der Waals surface area contributed by atoms with Gasteiger partial charge in [-0.2, -0.15) is 9.61 Å². The Balaban J connectivity index is 1.61. The molecule has 6 nitrogen and oxygen atoms in total. The van der Waals surface area contributed by atoms with Gasteiger partial charge in [-0.25, -0.2) is 0 Å². The number of thiophene rings is 1. The average Bonchev–Trinajstić information content (AvgIpc) is 3.36. The summed E-state index contributed by atoms with van der Waals surface area (Å²) in [5.74, 6) is 1.14. The average molecular weight is 382 g/mol. The minimum Gasteiger partial charge on any atom is -0.497 e. The number of ether oxygens (including phenoxy) is 1. The number of carbonyl (C=O) groups excluding carboxylic acids is 1. The normalized spacial score (nSPS) is 11.0. The fourth-order valence-electron chi connectivity index (χ4n) is 2.43. The molecule has 0 N–H and O–H groups in total. The van der Waals surface area contributed by atoms with Crippen LogP contribution in [0.3, 0.4) is 0 Å². The molecule has 0 bridgehead atoms. The van der Waals surface area contributed by atoms with Gasteiger partial charge in [0, 0.05) is 5.56 Å². The Labute approximate surface area is 157 Å². The number of hydrogen-bond acceptors (Lipinski definition) is 7. The molecule has 0 spiro atoms. The molecular weight excluding hydrogens is 368 g/mol. The van der Waals surface area contributed by atoms with Gasteiger partial charge in [0.05, 0.1) is 23.4 Å². The first kappa shape index (κ1) is 16.7. The lowest BCUT2D eigenvalue weighted by atomic mass is 10.1. The molecule has 0 aliphatic rings. The number of hydrogen-bond donors (Lipinski definition) is 0. The third-order valence-corrected chi connectivity index (χ3v) is 5.56. The second kappa shape index (κ2) is 7.27. The maximum absolute atomic E-state index is 12.2. The number of nitrogens with zero attached hydrogens (tertiary/aromatic N) is 4. The van der Waals surface area contributed by atoms with E-state index in [1.807, 2.05) is 53.9 Å². The van der Waals surface area contributed by atoms with E-state index in [2.05, 4.69) is 15.3 Å². The molecule has 3 heterocycles. The zero-order chi connectivity index (χ0) is 17.9. The molecule has 0 fully saturated rings. The van der Waals surface area contributed by atoms with Gasteiger partial charge in [-0.1, -0.05) is 30.0 Å². The number of Topliss-reactive ketones (excluding diaryl/α,β-unsaturated/α-hetero) is 1. The van der Waals surface area contributed by atoms with E-state index in [0.29, 0.717) is 16.6 Å². The predicted octanol–water partition coefficient (Wildman–Crippen LogP) is 3.84. The summed E-state index contributed by atoms with van der Waals surface area (Å²) in [6, 6.07) is 15.1. The number of fused-ring (bicyclic) bond motifs is 1. The van der Waals surface area contributed by atoms with Crippen LogP contribution >= 0.6 is 23.1 Å². The summed E-state index contributed by atoms with van der Waals surface area (Å²) in [7, 11) is 1.63. The van der Waals surface area contributed by atoms with E-state index in [4.69, 9.17) is 4.74 Å². The molecule has 1 aromatic carbocycles. The van der Waals surface area contributed by atoms with Crippen molar-refractivity contribution in [2.24, 2.45) is 0 Å². The number of aromatic nitrogens is 4. The molecule has 8 heteroatoms. The van der Waals surface area contributed by atoms with Crippen molar-refractivity contribution in [3.8, 4) is 17.0 Å². The maximum atomic E-state index is 12.2. The van der Waals surface area contributed by atoms with Crippen molar-refractivity contribution in [3.05, 3.63) is 58.8 Å². The Bertz CT molecular complexity index is 1060. The van der Waals surface area contributed by atoms with Crippen LogP contribution in [0.5, 0.6) is 5.75 Å². The summed E-state index contributed by atoms with van der Waals surface area (Å²) in [4.78, 5) is 12.9. The van der Waals surface area contributed by atoms with Crippen LogP contribution in [0.25, 0.3) is 16.9 Å². The number of benzene rings is 1. The van der Waals surface area contributed by atoms with Crippen LogP contribution < -0.4 is 4.74 Å². The molecular formula is C18H14N4O2S2. The summed E-state index contributed by atoms with van der Waals surface area (Å²) >= 11 is 2.78. The number of rotatable bonds is 6. The lowest BCUT2D eigenvalue weighted by molar-refractivity contribution is 0.102. The van der Waals surface area contributed by atoms with Crippen molar-refractivity contribution in [3.63, 3.8) is 0 Å². The summed E-state index contributed by atoms with van der Waals surface area (Å²) in [5, 5.41) is 15.4. The van der Waals surface area contributed by atoms with Crippen LogP contribution in [0.2, 0.25) is 0 Å². The van der Waals surface area contributed by atoms with Gasteiger partial charge in [0.15, 0.2) is 11.4 Å².